The Balaban J connectivity index is 1.50. The molecule has 3 heterocycles. The van der Waals surface area contributed by atoms with Crippen LogP contribution in [0.2, 0.25) is 0 Å². The van der Waals surface area contributed by atoms with Crippen LogP contribution in [0.5, 0.6) is 5.75 Å². The highest BCUT2D eigenvalue weighted by atomic mass is 16.8. The van der Waals surface area contributed by atoms with Gasteiger partial charge in [-0.1, -0.05) is 18.2 Å². The summed E-state index contributed by atoms with van der Waals surface area (Å²) in [6.07, 6.45) is 0. The van der Waals surface area contributed by atoms with Crippen LogP contribution < -0.4 is 4.74 Å². The van der Waals surface area contributed by atoms with Gasteiger partial charge in [-0.3, -0.25) is 0 Å². The maximum atomic E-state index is 6.26. The lowest BCUT2D eigenvalue weighted by Crippen LogP contribution is -2.59. The molecule has 3 aliphatic rings. The third kappa shape index (κ3) is 1.72. The Morgan fingerprint density at radius 1 is 1.20 bits per heavy atom. The Labute approximate surface area is 119 Å². The number of ether oxygens (including phenoxy) is 1. The van der Waals surface area contributed by atoms with Gasteiger partial charge in [0.15, 0.2) is 0 Å². The van der Waals surface area contributed by atoms with E-state index in [1.807, 2.05) is 30.3 Å². The Hall–Kier alpha value is -1.08. The molecule has 3 saturated heterocycles. The summed E-state index contributed by atoms with van der Waals surface area (Å²) in [6, 6.07) is 9.85. The van der Waals surface area contributed by atoms with Gasteiger partial charge in [-0.15, -0.1) is 0 Å². The molecule has 6 heteroatoms. The van der Waals surface area contributed by atoms with Crippen LogP contribution in [0.15, 0.2) is 30.3 Å². The SMILES string of the molecule is CC1(COc2ccccc2)C[N+]23CCO[B-]2(OCC3)O1. The molecule has 5 nitrogen and oxygen atoms in total. The summed E-state index contributed by atoms with van der Waals surface area (Å²) in [5.74, 6) is 0.872. The highest BCUT2D eigenvalue weighted by Gasteiger charge is 2.69. The number of rotatable bonds is 3. The van der Waals surface area contributed by atoms with Gasteiger partial charge in [-0.25, -0.2) is 0 Å². The molecule has 1 aromatic carbocycles. The third-order valence-corrected chi connectivity index (χ3v) is 4.77. The summed E-state index contributed by atoms with van der Waals surface area (Å²) in [5.41, 5.74) is -0.351. The van der Waals surface area contributed by atoms with Crippen LogP contribution in [0.25, 0.3) is 0 Å². The summed E-state index contributed by atoms with van der Waals surface area (Å²) >= 11 is 0. The van der Waals surface area contributed by atoms with Gasteiger partial charge in [0.1, 0.15) is 18.0 Å². The summed E-state index contributed by atoms with van der Waals surface area (Å²) < 4.78 is 24.7. The van der Waals surface area contributed by atoms with Crippen LogP contribution in [0, 0.1) is 0 Å². The molecule has 1 aromatic rings. The van der Waals surface area contributed by atoms with Crippen LogP contribution in [0.1, 0.15) is 6.92 Å². The van der Waals surface area contributed by atoms with Crippen molar-refractivity contribution in [3.05, 3.63) is 30.3 Å². The molecule has 4 rings (SSSR count). The monoisotopic (exact) mass is 277 g/mol. The first-order chi connectivity index (χ1) is 9.66. The predicted octanol–water partition coefficient (Wildman–Crippen LogP) is 1.17. The first-order valence-electron chi connectivity index (χ1n) is 7.31. The summed E-state index contributed by atoms with van der Waals surface area (Å²) in [7, 11) is 0. The normalized spacial score (nSPS) is 42.5. The maximum Gasteiger partial charge on any atom is 0.626 e. The number of para-hydroxylation sites is 1. The van der Waals surface area contributed by atoms with Gasteiger partial charge in [-0.05, 0) is 19.1 Å². The topological polar surface area (TPSA) is 36.9 Å². The fraction of sp³-hybridized carbons (Fsp3) is 0.571. The Morgan fingerprint density at radius 3 is 2.55 bits per heavy atom. The molecule has 3 fully saturated rings. The van der Waals surface area contributed by atoms with Crippen LogP contribution >= 0.6 is 0 Å². The summed E-state index contributed by atoms with van der Waals surface area (Å²) in [5, 5.41) is 0. The standard InChI is InChI=1S/C14H20BNO4/c1-14(12-17-13-5-3-2-4-6-13)11-16-7-9-18-15(16,20-14)19-10-8-16/h2-6H,7-12H2,1H3. The van der Waals surface area contributed by atoms with E-state index >= 15 is 0 Å². The van der Waals surface area contributed by atoms with E-state index in [9.17, 15) is 0 Å². The van der Waals surface area contributed by atoms with Crippen molar-refractivity contribution in [2.75, 3.05) is 39.5 Å². The smallest absolute Gasteiger partial charge is 0.491 e. The first kappa shape index (κ1) is 12.6. The van der Waals surface area contributed by atoms with Crippen LogP contribution in [-0.4, -0.2) is 56.3 Å². The average molecular weight is 277 g/mol. The molecule has 0 bridgehead atoms. The molecule has 0 aliphatic carbocycles. The quantitative estimate of drug-likeness (QED) is 0.777. The second-order valence-corrected chi connectivity index (χ2v) is 6.34. The minimum absolute atomic E-state index is 0.351. The molecule has 0 aromatic heterocycles. The molecule has 1 atom stereocenters. The zero-order valence-electron chi connectivity index (χ0n) is 11.8. The van der Waals surface area contributed by atoms with Gasteiger partial charge >= 0.3 is 6.89 Å². The zero-order chi connectivity index (χ0) is 13.7. The molecule has 0 amide bonds. The largest absolute Gasteiger partial charge is 0.626 e. The van der Waals surface area contributed by atoms with Crippen molar-refractivity contribution in [3.63, 3.8) is 0 Å². The summed E-state index contributed by atoms with van der Waals surface area (Å²) in [6.45, 7) is 5.35. The zero-order valence-corrected chi connectivity index (χ0v) is 11.8. The van der Waals surface area contributed by atoms with E-state index in [2.05, 4.69) is 6.92 Å². The van der Waals surface area contributed by atoms with Gasteiger partial charge in [0, 0.05) is 0 Å². The lowest BCUT2D eigenvalue weighted by molar-refractivity contribution is -0.818. The van der Waals surface area contributed by atoms with Crippen molar-refractivity contribution in [1.82, 2.24) is 0 Å². The van der Waals surface area contributed by atoms with E-state index < -0.39 is 6.89 Å². The van der Waals surface area contributed by atoms with Crippen LogP contribution in [0.3, 0.4) is 0 Å². The second-order valence-electron chi connectivity index (χ2n) is 6.34. The van der Waals surface area contributed by atoms with Gasteiger partial charge in [0.25, 0.3) is 0 Å². The lowest BCUT2D eigenvalue weighted by atomic mass is 9.94. The van der Waals surface area contributed by atoms with E-state index in [1.165, 1.54) is 0 Å². The molecule has 0 radical (unpaired) electrons. The molecular weight excluding hydrogens is 257 g/mol. The maximum absolute atomic E-state index is 6.26. The highest BCUT2D eigenvalue weighted by Crippen LogP contribution is 2.45. The van der Waals surface area contributed by atoms with E-state index in [-0.39, 0.29) is 5.60 Å². The van der Waals surface area contributed by atoms with Crippen LogP contribution in [-0.2, 0) is 14.0 Å². The van der Waals surface area contributed by atoms with Crippen molar-refractivity contribution in [2.45, 2.75) is 12.5 Å². The average Bonchev–Trinajstić information content (AvgIpc) is 2.97. The molecule has 0 saturated carbocycles. The predicted molar refractivity (Wildman–Crippen MR) is 73.9 cm³/mol. The molecule has 3 aliphatic heterocycles. The second kappa shape index (κ2) is 4.21. The minimum atomic E-state index is -1.60. The van der Waals surface area contributed by atoms with Gasteiger partial charge in [-0.2, -0.15) is 0 Å². The van der Waals surface area contributed by atoms with Crippen molar-refractivity contribution in [3.8, 4) is 5.75 Å². The summed E-state index contributed by atoms with van der Waals surface area (Å²) in [4.78, 5) is 0. The van der Waals surface area contributed by atoms with Gasteiger partial charge < -0.3 is 23.1 Å². The molecule has 1 unspecified atom stereocenters. The Morgan fingerprint density at radius 2 is 1.90 bits per heavy atom. The Bertz CT molecular complexity index is 479. The van der Waals surface area contributed by atoms with E-state index in [0.29, 0.717) is 6.61 Å². The lowest BCUT2D eigenvalue weighted by Gasteiger charge is -2.37. The van der Waals surface area contributed by atoms with Crippen molar-refractivity contribution < 1.29 is 23.1 Å². The van der Waals surface area contributed by atoms with Crippen molar-refractivity contribution in [1.29, 1.82) is 0 Å². The minimum Gasteiger partial charge on any atom is -0.491 e. The molecule has 0 N–H and O–H groups in total. The van der Waals surface area contributed by atoms with Crippen molar-refractivity contribution in [2.24, 2.45) is 0 Å². The number of quaternary nitrogens is 1. The van der Waals surface area contributed by atoms with E-state index in [4.69, 9.17) is 18.7 Å². The van der Waals surface area contributed by atoms with Crippen LogP contribution in [0.4, 0.5) is 0 Å². The highest BCUT2D eigenvalue weighted by molar-refractivity contribution is 6.54. The number of hydrogen-bond acceptors (Lipinski definition) is 4. The molecular formula is C14H20BNO4. The van der Waals surface area contributed by atoms with E-state index in [1.54, 1.807) is 0 Å². The number of benzene rings is 1. The fourth-order valence-corrected chi connectivity index (χ4v) is 3.90. The molecule has 108 valence electrons. The van der Waals surface area contributed by atoms with Crippen molar-refractivity contribution >= 4 is 6.89 Å². The molecule has 0 spiro atoms. The van der Waals surface area contributed by atoms with Gasteiger partial charge in [0.2, 0.25) is 0 Å². The molecule has 20 heavy (non-hydrogen) atoms. The fourth-order valence-electron chi connectivity index (χ4n) is 3.90. The first-order valence-corrected chi connectivity index (χ1v) is 7.31. The number of hydrogen-bond donors (Lipinski definition) is 0. The van der Waals surface area contributed by atoms with E-state index in [0.717, 1.165) is 43.0 Å². The third-order valence-electron chi connectivity index (χ3n) is 4.77. The number of nitrogens with zero attached hydrogens (tertiary/aromatic N) is 1. The van der Waals surface area contributed by atoms with Gasteiger partial charge in [0.05, 0.1) is 32.8 Å². The Kier molecular flexibility index (Phi) is 2.66.